The Labute approximate surface area is 43.5 Å². The van der Waals surface area contributed by atoms with Gasteiger partial charge in [-0.1, -0.05) is 0 Å². The molecule has 0 radical (unpaired) electrons. The molecule has 2 N–H and O–H groups in total. The number of aliphatic hydroxyl groups excluding tert-OH is 1. The van der Waals surface area contributed by atoms with E-state index in [1.165, 1.54) is 0 Å². The van der Waals surface area contributed by atoms with Crippen molar-refractivity contribution in [3.05, 3.63) is 0 Å². The highest BCUT2D eigenvalue weighted by molar-refractivity contribution is 5.00. The quantitative estimate of drug-likeness (QED) is 0.502. The molecule has 1 aliphatic rings. The molecule has 2 nitrogen and oxygen atoms in total. The van der Waals surface area contributed by atoms with Crippen molar-refractivity contribution in [3.8, 4) is 0 Å². The smallest absolute Gasteiger partial charge is 0.0613 e. The molecule has 0 aromatic rings. The number of hydrogen-bond donors (Lipinski definition) is 2. The Morgan fingerprint density at radius 1 is 1.71 bits per heavy atom. The van der Waals surface area contributed by atoms with Gasteiger partial charge in [-0.05, 0) is 19.9 Å². The van der Waals surface area contributed by atoms with Gasteiger partial charge >= 0.3 is 0 Å². The summed E-state index contributed by atoms with van der Waals surface area (Å²) in [5.41, 5.74) is 0.139. The summed E-state index contributed by atoms with van der Waals surface area (Å²) in [5, 5.41) is 11.6. The molecule has 1 saturated carbocycles. The predicted molar refractivity (Wildman–Crippen MR) is 28.1 cm³/mol. The zero-order chi connectivity index (χ0) is 5.33. The van der Waals surface area contributed by atoms with Gasteiger partial charge in [0.15, 0.2) is 0 Å². The van der Waals surface area contributed by atoms with E-state index in [1.54, 1.807) is 0 Å². The first-order chi connectivity index (χ1) is 3.33. The first kappa shape index (κ1) is 5.06. The molecule has 0 unspecified atom stereocenters. The van der Waals surface area contributed by atoms with Gasteiger partial charge in [-0.15, -0.1) is 0 Å². The molecule has 0 aromatic heterocycles. The van der Waals surface area contributed by atoms with Gasteiger partial charge in [0.1, 0.15) is 0 Å². The molecule has 2 heteroatoms. The summed E-state index contributed by atoms with van der Waals surface area (Å²) in [6, 6.07) is 0. The van der Waals surface area contributed by atoms with E-state index in [1.807, 2.05) is 7.05 Å². The van der Waals surface area contributed by atoms with Crippen LogP contribution in [0.15, 0.2) is 0 Å². The lowest BCUT2D eigenvalue weighted by atomic mass is 10.3. The van der Waals surface area contributed by atoms with Crippen LogP contribution >= 0.6 is 0 Å². The predicted octanol–water partition coefficient (Wildman–Crippen LogP) is -0.269. The van der Waals surface area contributed by atoms with Gasteiger partial charge in [-0.25, -0.2) is 0 Å². The lowest BCUT2D eigenvalue weighted by Crippen LogP contribution is -2.30. The fourth-order valence-electron chi connectivity index (χ4n) is 0.638. The molecule has 1 fully saturated rings. The maximum absolute atomic E-state index is 8.59. The third-order valence-corrected chi connectivity index (χ3v) is 1.69. The van der Waals surface area contributed by atoms with Gasteiger partial charge < -0.3 is 10.4 Å². The third-order valence-electron chi connectivity index (χ3n) is 1.69. The summed E-state index contributed by atoms with van der Waals surface area (Å²) in [4.78, 5) is 0. The average Bonchev–Trinajstić information content (AvgIpc) is 2.46. The van der Waals surface area contributed by atoms with Crippen LogP contribution in [0.5, 0.6) is 0 Å². The van der Waals surface area contributed by atoms with Crippen molar-refractivity contribution >= 4 is 0 Å². The van der Waals surface area contributed by atoms with Crippen molar-refractivity contribution < 1.29 is 5.11 Å². The Kier molecular flexibility index (Phi) is 1.05. The summed E-state index contributed by atoms with van der Waals surface area (Å²) in [5.74, 6) is 0. The van der Waals surface area contributed by atoms with Gasteiger partial charge in [0.25, 0.3) is 0 Å². The van der Waals surface area contributed by atoms with Crippen LogP contribution in [0.2, 0.25) is 0 Å². The summed E-state index contributed by atoms with van der Waals surface area (Å²) in [7, 11) is 1.89. The maximum atomic E-state index is 8.59. The van der Waals surface area contributed by atoms with E-state index in [9.17, 15) is 0 Å². The molecule has 42 valence electrons. The van der Waals surface area contributed by atoms with Crippen LogP contribution < -0.4 is 5.32 Å². The van der Waals surface area contributed by atoms with Gasteiger partial charge in [-0.2, -0.15) is 0 Å². The maximum Gasteiger partial charge on any atom is 0.0613 e. The zero-order valence-corrected chi connectivity index (χ0v) is 4.57. The minimum absolute atomic E-state index is 0.139. The minimum atomic E-state index is 0.139. The second-order valence-electron chi connectivity index (χ2n) is 2.19. The fraction of sp³-hybridized carbons (Fsp3) is 1.00. The first-order valence-electron chi connectivity index (χ1n) is 2.63. The van der Waals surface area contributed by atoms with Crippen molar-refractivity contribution in [1.29, 1.82) is 0 Å². The average molecular weight is 101 g/mol. The summed E-state index contributed by atoms with van der Waals surface area (Å²) in [6.07, 6.45) is 2.28. The van der Waals surface area contributed by atoms with E-state index < -0.39 is 0 Å². The molecule has 0 aliphatic heterocycles. The Bertz CT molecular complexity index is 62.5. The number of hydrogen-bond acceptors (Lipinski definition) is 2. The standard InChI is InChI=1S/C5H11NO/c1-6-5(4-7)2-3-5/h6-7H,2-4H2,1H3. The Morgan fingerprint density at radius 3 is 2.29 bits per heavy atom. The van der Waals surface area contributed by atoms with Crippen LogP contribution in [-0.4, -0.2) is 24.3 Å². The summed E-state index contributed by atoms with van der Waals surface area (Å²) >= 11 is 0. The molecule has 1 aliphatic carbocycles. The molecule has 0 heterocycles. The Hall–Kier alpha value is -0.0800. The normalized spacial score (nSPS) is 24.9. The van der Waals surface area contributed by atoms with Gasteiger partial charge in [-0.3, -0.25) is 0 Å². The lowest BCUT2D eigenvalue weighted by molar-refractivity contribution is 0.237. The highest BCUT2D eigenvalue weighted by atomic mass is 16.3. The van der Waals surface area contributed by atoms with Crippen molar-refractivity contribution in [2.24, 2.45) is 0 Å². The Morgan fingerprint density at radius 2 is 2.29 bits per heavy atom. The van der Waals surface area contributed by atoms with E-state index in [4.69, 9.17) is 5.11 Å². The van der Waals surface area contributed by atoms with Crippen LogP contribution in [0.1, 0.15) is 12.8 Å². The Balaban J connectivity index is 2.28. The van der Waals surface area contributed by atoms with Crippen molar-refractivity contribution in [2.75, 3.05) is 13.7 Å². The van der Waals surface area contributed by atoms with E-state index >= 15 is 0 Å². The molecular weight excluding hydrogens is 90.1 g/mol. The molecule has 0 spiro atoms. The van der Waals surface area contributed by atoms with E-state index in [2.05, 4.69) is 5.32 Å². The third kappa shape index (κ3) is 0.763. The van der Waals surface area contributed by atoms with Crippen molar-refractivity contribution in [3.63, 3.8) is 0 Å². The monoisotopic (exact) mass is 101 g/mol. The van der Waals surface area contributed by atoms with E-state index in [0.717, 1.165) is 12.8 Å². The van der Waals surface area contributed by atoms with Crippen LogP contribution in [0, 0.1) is 0 Å². The fourth-order valence-corrected chi connectivity index (χ4v) is 0.638. The molecule has 0 aromatic carbocycles. The number of rotatable bonds is 2. The minimum Gasteiger partial charge on any atom is -0.394 e. The van der Waals surface area contributed by atoms with Crippen molar-refractivity contribution in [1.82, 2.24) is 5.32 Å². The molecule has 0 amide bonds. The van der Waals surface area contributed by atoms with Crippen LogP contribution in [0.25, 0.3) is 0 Å². The number of likely N-dealkylation sites (N-methyl/N-ethyl adjacent to an activating group) is 1. The topological polar surface area (TPSA) is 32.3 Å². The van der Waals surface area contributed by atoms with Crippen LogP contribution in [0.3, 0.4) is 0 Å². The second kappa shape index (κ2) is 1.46. The molecule has 7 heavy (non-hydrogen) atoms. The molecule has 0 bridgehead atoms. The lowest BCUT2D eigenvalue weighted by Gasteiger charge is -2.06. The molecule has 0 atom stereocenters. The largest absolute Gasteiger partial charge is 0.394 e. The SMILES string of the molecule is CNC1(CO)CC1. The van der Waals surface area contributed by atoms with Crippen LogP contribution in [0.4, 0.5) is 0 Å². The highest BCUT2D eigenvalue weighted by Gasteiger charge is 2.39. The van der Waals surface area contributed by atoms with Gasteiger partial charge in [0.05, 0.1) is 6.61 Å². The van der Waals surface area contributed by atoms with Crippen molar-refractivity contribution in [2.45, 2.75) is 18.4 Å². The molecular formula is C5H11NO. The van der Waals surface area contributed by atoms with E-state index in [0.29, 0.717) is 6.61 Å². The van der Waals surface area contributed by atoms with E-state index in [-0.39, 0.29) is 5.54 Å². The molecule has 1 rings (SSSR count). The summed E-state index contributed by atoms with van der Waals surface area (Å²) < 4.78 is 0. The summed E-state index contributed by atoms with van der Waals surface area (Å²) in [6.45, 7) is 0.295. The molecule has 0 saturated heterocycles. The van der Waals surface area contributed by atoms with Gasteiger partial charge in [0.2, 0.25) is 0 Å². The van der Waals surface area contributed by atoms with Crippen LogP contribution in [-0.2, 0) is 0 Å². The number of nitrogens with one attached hydrogen (secondary N) is 1. The number of aliphatic hydroxyl groups is 1. The second-order valence-corrected chi connectivity index (χ2v) is 2.19. The highest BCUT2D eigenvalue weighted by Crippen LogP contribution is 2.33. The zero-order valence-electron chi connectivity index (χ0n) is 4.57. The van der Waals surface area contributed by atoms with Gasteiger partial charge in [0, 0.05) is 5.54 Å². The first-order valence-corrected chi connectivity index (χ1v) is 2.63.